The number of piperazine rings is 1. The Labute approximate surface area is 179 Å². The number of aliphatic hydroxyl groups excluding tert-OH is 1. The molecule has 1 atom stereocenters. The average molecular weight is 429 g/mol. The molecule has 1 aliphatic rings. The van der Waals surface area contributed by atoms with E-state index in [0.29, 0.717) is 12.2 Å². The minimum Gasteiger partial charge on any atom is -0.387 e. The molecular formula is C22H25FN4O2S. The quantitative estimate of drug-likeness (QED) is 0.650. The molecule has 1 amide bonds. The first-order valence-corrected chi connectivity index (χ1v) is 10.8. The average Bonchev–Trinajstić information content (AvgIpc) is 3.15. The fourth-order valence-corrected chi connectivity index (χ4v) is 4.67. The summed E-state index contributed by atoms with van der Waals surface area (Å²) in [6.45, 7) is 6.70. The van der Waals surface area contributed by atoms with Crippen LogP contribution in [0.2, 0.25) is 0 Å². The molecular weight excluding hydrogens is 403 g/mol. The van der Waals surface area contributed by atoms with Crippen molar-refractivity contribution in [1.82, 2.24) is 9.27 Å². The third-order valence-electron chi connectivity index (χ3n) is 5.47. The normalized spacial score (nSPS) is 16.1. The number of nitrogens with zero attached hydrogens (tertiary/aromatic N) is 3. The first kappa shape index (κ1) is 20.7. The molecule has 0 bridgehead atoms. The number of fused-ring (bicyclic) bond motifs is 1. The first-order chi connectivity index (χ1) is 14.4. The van der Waals surface area contributed by atoms with E-state index < -0.39 is 11.9 Å². The van der Waals surface area contributed by atoms with Crippen LogP contribution in [0.4, 0.5) is 15.9 Å². The lowest BCUT2D eigenvalue weighted by atomic mass is 10.0. The van der Waals surface area contributed by atoms with Crippen LogP contribution in [0.3, 0.4) is 0 Å². The Morgan fingerprint density at radius 1 is 1.27 bits per heavy atom. The molecule has 158 valence electrons. The van der Waals surface area contributed by atoms with Crippen molar-refractivity contribution in [2.45, 2.75) is 20.0 Å². The number of aryl methyl sites for hydroxylation is 1. The van der Waals surface area contributed by atoms with E-state index in [0.717, 1.165) is 37.6 Å². The molecule has 1 aromatic heterocycles. The second kappa shape index (κ2) is 8.67. The lowest BCUT2D eigenvalue weighted by Crippen LogP contribution is -2.47. The summed E-state index contributed by atoms with van der Waals surface area (Å²) in [5.41, 5.74) is 1.41. The highest BCUT2D eigenvalue weighted by molar-refractivity contribution is 7.13. The number of β-amino-alcohol motifs (C(OH)–C–C–N with tert-alkyl or cyclic N) is 1. The summed E-state index contributed by atoms with van der Waals surface area (Å²) in [5.74, 6) is 0.256. The molecule has 1 aliphatic heterocycles. The van der Waals surface area contributed by atoms with Crippen LogP contribution in [-0.2, 0) is 4.79 Å². The van der Waals surface area contributed by atoms with Crippen LogP contribution in [0.1, 0.15) is 24.2 Å². The van der Waals surface area contributed by atoms with Gasteiger partial charge >= 0.3 is 0 Å². The monoisotopic (exact) mass is 428 g/mol. The number of hydrogen-bond acceptors (Lipinski definition) is 6. The summed E-state index contributed by atoms with van der Waals surface area (Å²) in [4.78, 5) is 15.7. The molecule has 0 radical (unpaired) electrons. The van der Waals surface area contributed by atoms with Crippen molar-refractivity contribution in [2.75, 3.05) is 42.9 Å². The zero-order valence-corrected chi connectivity index (χ0v) is 17.9. The van der Waals surface area contributed by atoms with E-state index in [1.165, 1.54) is 34.6 Å². The maximum Gasteiger partial charge on any atom is 0.221 e. The van der Waals surface area contributed by atoms with E-state index in [1.807, 2.05) is 12.1 Å². The highest BCUT2D eigenvalue weighted by atomic mass is 32.1. The van der Waals surface area contributed by atoms with Gasteiger partial charge in [-0.25, -0.2) is 4.39 Å². The topological polar surface area (TPSA) is 68.7 Å². The summed E-state index contributed by atoms with van der Waals surface area (Å²) >= 11 is 1.51. The number of aliphatic hydroxyl groups is 1. The predicted molar refractivity (Wildman–Crippen MR) is 119 cm³/mol. The number of benzene rings is 2. The minimum atomic E-state index is -0.929. The second-order valence-electron chi connectivity index (χ2n) is 7.68. The summed E-state index contributed by atoms with van der Waals surface area (Å²) in [7, 11) is 0. The van der Waals surface area contributed by atoms with Crippen molar-refractivity contribution in [2.24, 2.45) is 0 Å². The van der Waals surface area contributed by atoms with Gasteiger partial charge in [0.1, 0.15) is 11.6 Å². The van der Waals surface area contributed by atoms with Crippen molar-refractivity contribution >= 4 is 39.0 Å². The number of aromatic nitrogens is 1. The number of nitrogens with one attached hydrogen (secondary N) is 1. The SMILES string of the molecule is CC(=O)Nc1cc(F)c(C(O)CN2CCN(c3nsc4ccccc34)CC2)cc1C. The summed E-state index contributed by atoms with van der Waals surface area (Å²) in [6.07, 6.45) is -0.929. The van der Waals surface area contributed by atoms with Gasteiger partial charge in [-0.2, -0.15) is 4.37 Å². The molecule has 0 saturated carbocycles. The molecule has 0 spiro atoms. The van der Waals surface area contributed by atoms with Crippen LogP contribution in [0, 0.1) is 12.7 Å². The van der Waals surface area contributed by atoms with Crippen LogP contribution < -0.4 is 10.2 Å². The lowest BCUT2D eigenvalue weighted by Gasteiger charge is -2.36. The zero-order valence-electron chi connectivity index (χ0n) is 17.1. The number of rotatable bonds is 5. The van der Waals surface area contributed by atoms with Crippen molar-refractivity contribution in [3.8, 4) is 0 Å². The Kier molecular flexibility index (Phi) is 5.99. The van der Waals surface area contributed by atoms with E-state index in [-0.39, 0.29) is 11.5 Å². The van der Waals surface area contributed by atoms with Gasteiger partial charge in [0.2, 0.25) is 5.91 Å². The smallest absolute Gasteiger partial charge is 0.221 e. The number of amides is 1. The zero-order chi connectivity index (χ0) is 21.3. The largest absolute Gasteiger partial charge is 0.387 e. The second-order valence-corrected chi connectivity index (χ2v) is 8.48. The van der Waals surface area contributed by atoms with Crippen molar-refractivity contribution in [1.29, 1.82) is 0 Å². The highest BCUT2D eigenvalue weighted by Gasteiger charge is 2.24. The van der Waals surface area contributed by atoms with Crippen LogP contribution in [0.15, 0.2) is 36.4 Å². The number of carbonyl (C=O) groups excluding carboxylic acids is 1. The maximum absolute atomic E-state index is 14.5. The molecule has 0 aliphatic carbocycles. The molecule has 1 saturated heterocycles. The molecule has 1 unspecified atom stereocenters. The van der Waals surface area contributed by atoms with Gasteiger partial charge in [-0.3, -0.25) is 9.69 Å². The fourth-order valence-electron chi connectivity index (χ4n) is 3.87. The maximum atomic E-state index is 14.5. The van der Waals surface area contributed by atoms with E-state index in [2.05, 4.69) is 31.6 Å². The van der Waals surface area contributed by atoms with Crippen LogP contribution in [-0.4, -0.2) is 53.0 Å². The molecule has 8 heteroatoms. The highest BCUT2D eigenvalue weighted by Crippen LogP contribution is 2.30. The van der Waals surface area contributed by atoms with Crippen molar-refractivity contribution in [3.05, 3.63) is 53.3 Å². The van der Waals surface area contributed by atoms with Gasteiger partial charge in [0.15, 0.2) is 0 Å². The Balaban J connectivity index is 1.39. The lowest BCUT2D eigenvalue weighted by molar-refractivity contribution is -0.114. The fraction of sp³-hybridized carbons (Fsp3) is 0.364. The van der Waals surface area contributed by atoms with E-state index >= 15 is 0 Å². The van der Waals surface area contributed by atoms with Gasteiger partial charge in [0.05, 0.1) is 10.8 Å². The van der Waals surface area contributed by atoms with Gasteiger partial charge in [-0.05, 0) is 48.3 Å². The number of anilines is 2. The standard InChI is InChI=1S/C22H25FN4O2S/c1-14-11-17(18(23)12-19(14)24-15(2)28)20(29)13-26-7-9-27(10-8-26)22-16-5-3-4-6-21(16)30-25-22/h3-6,11-12,20,29H,7-10,13H2,1-2H3,(H,24,28). The van der Waals surface area contributed by atoms with Gasteiger partial charge < -0.3 is 15.3 Å². The first-order valence-electron chi connectivity index (χ1n) is 10.00. The summed E-state index contributed by atoms with van der Waals surface area (Å²) in [6, 6.07) is 11.1. The molecule has 6 nitrogen and oxygen atoms in total. The Hall–Kier alpha value is -2.55. The summed E-state index contributed by atoms with van der Waals surface area (Å²) < 4.78 is 20.3. The molecule has 1 fully saturated rings. The minimum absolute atomic E-state index is 0.253. The molecule has 4 rings (SSSR count). The molecule has 30 heavy (non-hydrogen) atoms. The van der Waals surface area contributed by atoms with Crippen LogP contribution in [0.25, 0.3) is 10.1 Å². The molecule has 2 heterocycles. The molecule has 3 aromatic rings. The Bertz CT molecular complexity index is 1060. The number of hydrogen-bond donors (Lipinski definition) is 2. The van der Waals surface area contributed by atoms with Crippen molar-refractivity contribution < 1.29 is 14.3 Å². The third-order valence-corrected chi connectivity index (χ3v) is 6.29. The van der Waals surface area contributed by atoms with Gasteiger partial charge in [0, 0.05) is 56.3 Å². The van der Waals surface area contributed by atoms with E-state index in [9.17, 15) is 14.3 Å². The van der Waals surface area contributed by atoms with E-state index in [4.69, 9.17) is 0 Å². The van der Waals surface area contributed by atoms with Gasteiger partial charge in [-0.15, -0.1) is 0 Å². The third kappa shape index (κ3) is 4.30. The Morgan fingerprint density at radius 2 is 2.00 bits per heavy atom. The van der Waals surface area contributed by atoms with Crippen LogP contribution in [0.5, 0.6) is 0 Å². The molecule has 2 aromatic carbocycles. The number of halogens is 1. The van der Waals surface area contributed by atoms with E-state index in [1.54, 1.807) is 13.0 Å². The summed E-state index contributed by atoms with van der Waals surface area (Å²) in [5, 5.41) is 14.4. The predicted octanol–water partition coefficient (Wildman–Crippen LogP) is 3.56. The van der Waals surface area contributed by atoms with Crippen molar-refractivity contribution in [3.63, 3.8) is 0 Å². The van der Waals surface area contributed by atoms with Gasteiger partial charge in [0.25, 0.3) is 0 Å². The van der Waals surface area contributed by atoms with Crippen LogP contribution >= 0.6 is 11.5 Å². The Morgan fingerprint density at radius 3 is 2.73 bits per heavy atom. The van der Waals surface area contributed by atoms with Gasteiger partial charge in [-0.1, -0.05) is 12.1 Å². The molecule has 2 N–H and O–H groups in total. The number of carbonyl (C=O) groups is 1.